The molecule has 2 nitrogen and oxygen atoms in total. The normalized spacial score (nSPS) is 10.7. The Balaban J connectivity index is 2.22. The van der Waals surface area contributed by atoms with Crippen molar-refractivity contribution in [2.45, 2.75) is 51.9 Å². The number of hydrogen-bond donors (Lipinski definition) is 0. The Bertz CT molecular complexity index is 242. The minimum atomic E-state index is 0.838. The first kappa shape index (κ1) is 11.3. The van der Waals surface area contributed by atoms with Crippen molar-refractivity contribution in [3.8, 4) is 0 Å². The molecule has 0 aromatic carbocycles. The van der Waals surface area contributed by atoms with E-state index in [1.165, 1.54) is 25.7 Å². The summed E-state index contributed by atoms with van der Waals surface area (Å²) in [4.78, 5) is 4.20. The van der Waals surface area contributed by atoms with E-state index >= 15 is 0 Å². The smallest absolute Gasteiger partial charge is 0.194 e. The van der Waals surface area contributed by atoms with E-state index in [2.05, 4.69) is 18.8 Å². The van der Waals surface area contributed by atoms with Crippen LogP contribution in [0.15, 0.2) is 10.6 Å². The lowest BCUT2D eigenvalue weighted by Gasteiger charge is -1.95. The first-order valence-corrected chi connectivity index (χ1v) is 5.59. The molecule has 0 bridgehead atoms. The second-order valence-corrected chi connectivity index (χ2v) is 3.63. The molecule has 0 amide bonds. The van der Waals surface area contributed by atoms with Gasteiger partial charge in [-0.15, -0.1) is 0 Å². The predicted octanol–water partition coefficient (Wildman–Crippen LogP) is 3.56. The summed E-state index contributed by atoms with van der Waals surface area (Å²) in [6, 6.07) is 0. The van der Waals surface area contributed by atoms with Gasteiger partial charge in [0, 0.05) is 12.8 Å². The minimum absolute atomic E-state index is 0.838. The van der Waals surface area contributed by atoms with Crippen molar-refractivity contribution in [1.82, 2.24) is 4.98 Å². The van der Waals surface area contributed by atoms with E-state index < -0.39 is 0 Å². The van der Waals surface area contributed by atoms with Crippen molar-refractivity contribution in [2.24, 2.45) is 0 Å². The van der Waals surface area contributed by atoms with Crippen molar-refractivity contribution in [3.05, 3.63) is 24.8 Å². The van der Waals surface area contributed by atoms with Crippen LogP contribution >= 0.6 is 0 Å². The maximum absolute atomic E-state index is 5.55. The van der Waals surface area contributed by atoms with Gasteiger partial charge >= 0.3 is 0 Å². The van der Waals surface area contributed by atoms with Crippen LogP contribution in [0.4, 0.5) is 0 Å². The maximum Gasteiger partial charge on any atom is 0.194 e. The van der Waals surface area contributed by atoms with Gasteiger partial charge in [-0.05, 0) is 12.8 Å². The number of rotatable bonds is 7. The van der Waals surface area contributed by atoms with Crippen LogP contribution in [0, 0.1) is 6.92 Å². The molecule has 0 unspecified atom stereocenters. The fourth-order valence-electron chi connectivity index (χ4n) is 1.46. The van der Waals surface area contributed by atoms with Gasteiger partial charge in [-0.1, -0.05) is 33.1 Å². The zero-order chi connectivity index (χ0) is 10.2. The first-order chi connectivity index (χ1) is 6.86. The van der Waals surface area contributed by atoms with Crippen molar-refractivity contribution in [3.63, 3.8) is 0 Å². The van der Waals surface area contributed by atoms with E-state index in [4.69, 9.17) is 4.42 Å². The molecule has 2 heteroatoms. The highest BCUT2D eigenvalue weighted by molar-refractivity contribution is 4.94. The average molecular weight is 194 g/mol. The van der Waals surface area contributed by atoms with Crippen LogP contribution in [-0.4, -0.2) is 4.98 Å². The monoisotopic (exact) mass is 194 g/mol. The fourth-order valence-corrected chi connectivity index (χ4v) is 1.46. The molecule has 1 aromatic heterocycles. The molecule has 1 aromatic rings. The second-order valence-electron chi connectivity index (χ2n) is 3.63. The Kier molecular flexibility index (Phi) is 5.35. The molecule has 0 spiro atoms. The van der Waals surface area contributed by atoms with Crippen LogP contribution in [0.5, 0.6) is 0 Å². The topological polar surface area (TPSA) is 26.0 Å². The third kappa shape index (κ3) is 3.95. The Morgan fingerprint density at radius 2 is 2.14 bits per heavy atom. The molecule has 0 aliphatic heterocycles. The van der Waals surface area contributed by atoms with Crippen LogP contribution in [0.3, 0.4) is 0 Å². The van der Waals surface area contributed by atoms with Gasteiger partial charge < -0.3 is 4.42 Å². The third-order valence-electron chi connectivity index (χ3n) is 2.27. The Labute approximate surface area is 86.7 Å². The molecule has 0 atom stereocenters. The fraction of sp³-hybridized carbons (Fsp3) is 0.667. The van der Waals surface area contributed by atoms with Gasteiger partial charge in [-0.2, -0.15) is 0 Å². The highest BCUT2D eigenvalue weighted by atomic mass is 16.4. The Morgan fingerprint density at radius 3 is 2.86 bits per heavy atom. The van der Waals surface area contributed by atoms with Gasteiger partial charge in [-0.3, -0.25) is 0 Å². The zero-order valence-electron chi connectivity index (χ0n) is 9.09. The molecule has 14 heavy (non-hydrogen) atoms. The lowest BCUT2D eigenvalue weighted by atomic mass is 10.1. The summed E-state index contributed by atoms with van der Waals surface area (Å²) in [7, 11) is 0. The van der Waals surface area contributed by atoms with Gasteiger partial charge in [-0.25, -0.2) is 4.98 Å². The summed E-state index contributed by atoms with van der Waals surface area (Å²) in [6.07, 6.45) is 9.71. The largest absolute Gasteiger partial charge is 0.446 e. The summed E-state index contributed by atoms with van der Waals surface area (Å²) in [5, 5.41) is 0. The van der Waals surface area contributed by atoms with Crippen molar-refractivity contribution < 1.29 is 4.42 Å². The Morgan fingerprint density at radius 1 is 1.29 bits per heavy atom. The summed E-state index contributed by atoms with van der Waals surface area (Å²) in [5.41, 5.74) is 0. The lowest BCUT2D eigenvalue weighted by Crippen LogP contribution is -1.83. The first-order valence-electron chi connectivity index (χ1n) is 5.59. The molecular formula is C12H20NO. The van der Waals surface area contributed by atoms with Gasteiger partial charge in [0.1, 0.15) is 5.76 Å². The highest BCUT2D eigenvalue weighted by Crippen LogP contribution is 2.10. The average Bonchev–Trinajstić information content (AvgIpc) is 2.61. The summed E-state index contributed by atoms with van der Waals surface area (Å²) < 4.78 is 5.55. The summed E-state index contributed by atoms with van der Waals surface area (Å²) in [6.45, 7) is 6.00. The zero-order valence-corrected chi connectivity index (χ0v) is 9.09. The molecule has 1 rings (SSSR count). The molecule has 0 aliphatic carbocycles. The minimum Gasteiger partial charge on any atom is -0.446 e. The number of nitrogens with zero attached hydrogens (tertiary/aromatic N) is 1. The van der Waals surface area contributed by atoms with Crippen LogP contribution in [0.25, 0.3) is 0 Å². The predicted molar refractivity (Wildman–Crippen MR) is 58.0 cm³/mol. The summed E-state index contributed by atoms with van der Waals surface area (Å²) >= 11 is 0. The van der Waals surface area contributed by atoms with E-state index in [-0.39, 0.29) is 0 Å². The van der Waals surface area contributed by atoms with Gasteiger partial charge in [0.15, 0.2) is 5.89 Å². The van der Waals surface area contributed by atoms with Crippen molar-refractivity contribution in [1.29, 1.82) is 0 Å². The molecule has 0 aliphatic rings. The Hall–Kier alpha value is -0.790. The van der Waals surface area contributed by atoms with E-state index in [1.807, 2.05) is 6.20 Å². The molecule has 0 fully saturated rings. The molecular weight excluding hydrogens is 174 g/mol. The molecule has 1 radical (unpaired) electrons. The van der Waals surface area contributed by atoms with E-state index in [0.717, 1.165) is 30.9 Å². The van der Waals surface area contributed by atoms with Crippen LogP contribution in [-0.2, 0) is 12.8 Å². The van der Waals surface area contributed by atoms with E-state index in [9.17, 15) is 0 Å². The lowest BCUT2D eigenvalue weighted by molar-refractivity contribution is 0.447. The quantitative estimate of drug-likeness (QED) is 0.620. The molecule has 0 saturated heterocycles. The van der Waals surface area contributed by atoms with Gasteiger partial charge in [0.25, 0.3) is 0 Å². The standard InChI is InChI=1S/C12H20NO/c1-3-5-6-7-9-11-10-13-12(14-11)8-4-2/h10H,2-9H2,1H3. The second kappa shape index (κ2) is 6.63. The van der Waals surface area contributed by atoms with E-state index in [0.29, 0.717) is 0 Å². The SMILES string of the molecule is [CH2]CCc1ncc(CCCCCC)o1. The third-order valence-corrected chi connectivity index (χ3v) is 2.27. The molecule has 0 N–H and O–H groups in total. The van der Waals surface area contributed by atoms with Crippen LogP contribution < -0.4 is 0 Å². The number of aromatic nitrogens is 1. The van der Waals surface area contributed by atoms with E-state index in [1.54, 1.807) is 0 Å². The van der Waals surface area contributed by atoms with Crippen LogP contribution in [0.2, 0.25) is 0 Å². The molecule has 79 valence electrons. The van der Waals surface area contributed by atoms with Crippen molar-refractivity contribution in [2.75, 3.05) is 0 Å². The number of unbranched alkanes of at least 4 members (excludes halogenated alkanes) is 3. The molecule has 1 heterocycles. The van der Waals surface area contributed by atoms with Crippen LogP contribution in [0.1, 0.15) is 50.7 Å². The van der Waals surface area contributed by atoms with Crippen molar-refractivity contribution >= 4 is 0 Å². The number of oxazole rings is 1. The highest BCUT2D eigenvalue weighted by Gasteiger charge is 2.02. The molecule has 0 saturated carbocycles. The number of aryl methyl sites for hydroxylation is 2. The summed E-state index contributed by atoms with van der Waals surface area (Å²) in [5.74, 6) is 1.87. The van der Waals surface area contributed by atoms with Gasteiger partial charge in [0.2, 0.25) is 0 Å². The number of hydrogen-bond acceptors (Lipinski definition) is 2. The maximum atomic E-state index is 5.55. The van der Waals surface area contributed by atoms with Gasteiger partial charge in [0.05, 0.1) is 6.20 Å².